The minimum Gasteiger partial charge on any atom is -0.384 e. The van der Waals surface area contributed by atoms with Gasteiger partial charge in [-0.05, 0) is 42.7 Å². The number of nitrogen functional groups attached to an aromatic ring is 2. The second-order valence-electron chi connectivity index (χ2n) is 7.59. The number of benzene rings is 1. The summed E-state index contributed by atoms with van der Waals surface area (Å²) in [6.07, 6.45) is 4.40. The molecule has 1 fully saturated rings. The van der Waals surface area contributed by atoms with E-state index >= 15 is 0 Å². The number of nitrogens with one attached hydrogen (secondary N) is 1. The van der Waals surface area contributed by atoms with E-state index in [9.17, 15) is 0 Å². The first-order valence-corrected chi connectivity index (χ1v) is 9.71. The van der Waals surface area contributed by atoms with Crippen LogP contribution in [0, 0.1) is 5.92 Å². The maximum absolute atomic E-state index is 6.36. The molecule has 4 heterocycles. The van der Waals surface area contributed by atoms with Crippen molar-refractivity contribution in [1.29, 1.82) is 0 Å². The lowest BCUT2D eigenvalue weighted by molar-refractivity contribution is 0.00546. The fourth-order valence-corrected chi connectivity index (χ4v) is 3.97. The van der Waals surface area contributed by atoms with Gasteiger partial charge in [0.25, 0.3) is 0 Å². The SMILES string of the molecule is CC1CC(n2ccc3c(N)ncnc32)OC1CNc1ccc2ccc(N)nc2c1. The number of pyridine rings is 1. The maximum atomic E-state index is 6.36. The molecule has 3 atom stereocenters. The van der Waals surface area contributed by atoms with Gasteiger partial charge in [-0.2, -0.15) is 0 Å². The van der Waals surface area contributed by atoms with Crippen LogP contribution in [0.3, 0.4) is 0 Å². The van der Waals surface area contributed by atoms with E-state index in [0.717, 1.165) is 34.0 Å². The van der Waals surface area contributed by atoms with Gasteiger partial charge in [-0.1, -0.05) is 13.0 Å². The van der Waals surface area contributed by atoms with Crippen molar-refractivity contribution in [2.24, 2.45) is 5.92 Å². The van der Waals surface area contributed by atoms with E-state index in [2.05, 4.69) is 33.3 Å². The summed E-state index contributed by atoms with van der Waals surface area (Å²) in [5, 5.41) is 5.40. The molecule has 5 rings (SSSR count). The Hall–Kier alpha value is -3.39. The van der Waals surface area contributed by atoms with E-state index in [0.29, 0.717) is 24.1 Å². The van der Waals surface area contributed by atoms with Crippen LogP contribution in [0.4, 0.5) is 17.3 Å². The topological polar surface area (TPSA) is 117 Å². The number of anilines is 3. The van der Waals surface area contributed by atoms with E-state index < -0.39 is 0 Å². The summed E-state index contributed by atoms with van der Waals surface area (Å²) in [5.74, 6) is 1.41. The third-order valence-corrected chi connectivity index (χ3v) is 5.61. The van der Waals surface area contributed by atoms with E-state index in [4.69, 9.17) is 16.2 Å². The van der Waals surface area contributed by atoms with Crippen molar-refractivity contribution in [3.05, 3.63) is 48.9 Å². The Labute approximate surface area is 167 Å². The molecule has 1 aromatic carbocycles. The van der Waals surface area contributed by atoms with Crippen molar-refractivity contribution >= 4 is 39.3 Å². The molecule has 5 N–H and O–H groups in total. The number of hydrogen-bond donors (Lipinski definition) is 3. The monoisotopic (exact) mass is 389 g/mol. The summed E-state index contributed by atoms with van der Waals surface area (Å²) in [4.78, 5) is 12.8. The molecule has 0 aliphatic carbocycles. The predicted molar refractivity (Wildman–Crippen MR) is 114 cm³/mol. The normalized spacial score (nSPS) is 21.8. The molecule has 1 aliphatic rings. The van der Waals surface area contributed by atoms with Crippen LogP contribution in [-0.2, 0) is 4.74 Å². The highest BCUT2D eigenvalue weighted by Crippen LogP contribution is 2.35. The summed E-state index contributed by atoms with van der Waals surface area (Å²) >= 11 is 0. The summed E-state index contributed by atoms with van der Waals surface area (Å²) in [6, 6.07) is 11.8. The fraction of sp³-hybridized carbons (Fsp3) is 0.286. The quantitative estimate of drug-likeness (QED) is 0.491. The third kappa shape index (κ3) is 3.21. The molecule has 0 saturated carbocycles. The van der Waals surface area contributed by atoms with Gasteiger partial charge in [-0.25, -0.2) is 15.0 Å². The van der Waals surface area contributed by atoms with Crippen molar-refractivity contribution in [3.63, 3.8) is 0 Å². The minimum absolute atomic E-state index is 0.0679. The number of fused-ring (bicyclic) bond motifs is 2. The van der Waals surface area contributed by atoms with Crippen LogP contribution in [-0.4, -0.2) is 32.2 Å². The molecular weight excluding hydrogens is 366 g/mol. The van der Waals surface area contributed by atoms with Crippen molar-refractivity contribution in [2.45, 2.75) is 25.7 Å². The number of nitrogens with zero attached hydrogens (tertiary/aromatic N) is 4. The number of nitrogens with two attached hydrogens (primary N) is 2. The second kappa shape index (κ2) is 6.89. The Morgan fingerprint density at radius 1 is 1.17 bits per heavy atom. The zero-order valence-electron chi connectivity index (χ0n) is 16.1. The molecule has 0 radical (unpaired) electrons. The molecule has 8 heteroatoms. The highest BCUT2D eigenvalue weighted by Gasteiger charge is 2.33. The molecule has 3 aromatic heterocycles. The van der Waals surface area contributed by atoms with Gasteiger partial charge in [0.05, 0.1) is 17.0 Å². The molecule has 3 unspecified atom stereocenters. The molecule has 148 valence electrons. The lowest BCUT2D eigenvalue weighted by atomic mass is 10.0. The Morgan fingerprint density at radius 2 is 2.03 bits per heavy atom. The maximum Gasteiger partial charge on any atom is 0.147 e. The molecule has 1 saturated heterocycles. The number of ether oxygens (including phenoxy) is 1. The Morgan fingerprint density at radius 3 is 2.93 bits per heavy atom. The van der Waals surface area contributed by atoms with E-state index in [1.54, 1.807) is 0 Å². The van der Waals surface area contributed by atoms with Crippen molar-refractivity contribution < 1.29 is 4.74 Å². The minimum atomic E-state index is -0.0679. The number of rotatable bonds is 4. The highest BCUT2D eigenvalue weighted by atomic mass is 16.5. The van der Waals surface area contributed by atoms with Gasteiger partial charge in [0.2, 0.25) is 0 Å². The molecule has 1 aliphatic heterocycles. The van der Waals surface area contributed by atoms with Gasteiger partial charge >= 0.3 is 0 Å². The van der Waals surface area contributed by atoms with Gasteiger partial charge in [-0.15, -0.1) is 0 Å². The molecule has 0 spiro atoms. The first kappa shape index (κ1) is 17.7. The van der Waals surface area contributed by atoms with Crippen LogP contribution in [0.25, 0.3) is 21.9 Å². The predicted octanol–water partition coefficient (Wildman–Crippen LogP) is 3.18. The van der Waals surface area contributed by atoms with Crippen LogP contribution in [0.2, 0.25) is 0 Å². The molecule has 8 nitrogen and oxygen atoms in total. The van der Waals surface area contributed by atoms with Crippen LogP contribution in [0.1, 0.15) is 19.6 Å². The zero-order valence-corrected chi connectivity index (χ0v) is 16.1. The first-order chi connectivity index (χ1) is 14.1. The standard InChI is InChI=1S/C21H23N7O/c1-12-8-19(28-7-6-15-20(23)25-11-26-21(15)28)29-17(12)10-24-14-4-2-13-3-5-18(22)27-16(13)9-14/h2-7,9,11-12,17,19,24H,8,10H2,1H3,(H2,22,27)(H2,23,25,26). The molecule has 29 heavy (non-hydrogen) atoms. The fourth-order valence-electron chi connectivity index (χ4n) is 3.97. The Balaban J connectivity index is 1.30. The van der Waals surface area contributed by atoms with Gasteiger partial charge in [0.15, 0.2) is 0 Å². The van der Waals surface area contributed by atoms with Crippen molar-refractivity contribution in [2.75, 3.05) is 23.3 Å². The number of hydrogen-bond acceptors (Lipinski definition) is 7. The van der Waals surface area contributed by atoms with E-state index in [-0.39, 0.29) is 12.3 Å². The Kier molecular flexibility index (Phi) is 4.21. The average molecular weight is 389 g/mol. The lowest BCUT2D eigenvalue weighted by Gasteiger charge is -2.18. The smallest absolute Gasteiger partial charge is 0.147 e. The number of aromatic nitrogens is 4. The zero-order chi connectivity index (χ0) is 20.0. The second-order valence-corrected chi connectivity index (χ2v) is 7.59. The Bertz CT molecular complexity index is 1190. The largest absolute Gasteiger partial charge is 0.384 e. The van der Waals surface area contributed by atoms with Gasteiger partial charge in [-0.3, -0.25) is 0 Å². The summed E-state index contributed by atoms with van der Waals surface area (Å²) in [6.45, 7) is 2.92. The highest BCUT2D eigenvalue weighted by molar-refractivity contribution is 5.86. The molecule has 0 bridgehead atoms. The van der Waals surface area contributed by atoms with Crippen LogP contribution >= 0.6 is 0 Å². The molecule has 4 aromatic rings. The molecule has 0 amide bonds. The van der Waals surface area contributed by atoms with Gasteiger partial charge < -0.3 is 26.1 Å². The molecular formula is C21H23N7O. The van der Waals surface area contributed by atoms with Crippen LogP contribution in [0.5, 0.6) is 0 Å². The van der Waals surface area contributed by atoms with E-state index in [1.165, 1.54) is 6.33 Å². The summed E-state index contributed by atoms with van der Waals surface area (Å²) in [5.41, 5.74) is 14.4. The van der Waals surface area contributed by atoms with E-state index in [1.807, 2.05) is 41.1 Å². The van der Waals surface area contributed by atoms with Crippen LogP contribution < -0.4 is 16.8 Å². The third-order valence-electron chi connectivity index (χ3n) is 5.61. The lowest BCUT2D eigenvalue weighted by Crippen LogP contribution is -2.24. The summed E-state index contributed by atoms with van der Waals surface area (Å²) in [7, 11) is 0. The summed E-state index contributed by atoms with van der Waals surface area (Å²) < 4.78 is 8.41. The first-order valence-electron chi connectivity index (χ1n) is 9.71. The van der Waals surface area contributed by atoms with Crippen molar-refractivity contribution in [1.82, 2.24) is 19.5 Å². The van der Waals surface area contributed by atoms with Gasteiger partial charge in [0.1, 0.15) is 29.8 Å². The van der Waals surface area contributed by atoms with Crippen LogP contribution in [0.15, 0.2) is 48.9 Å². The average Bonchev–Trinajstić information content (AvgIpc) is 3.30. The van der Waals surface area contributed by atoms with Gasteiger partial charge in [0, 0.05) is 23.8 Å². The van der Waals surface area contributed by atoms with Crippen molar-refractivity contribution in [3.8, 4) is 0 Å².